The van der Waals surface area contributed by atoms with Crippen molar-refractivity contribution in [3.8, 4) is 5.75 Å². The number of hydrogen-bond donors (Lipinski definition) is 2. The molecule has 6 heteroatoms. The first-order chi connectivity index (χ1) is 9.31. The summed E-state index contributed by atoms with van der Waals surface area (Å²) in [5.74, 6) is -0.129. The summed E-state index contributed by atoms with van der Waals surface area (Å²) in [5.41, 5.74) is 5.41. The van der Waals surface area contributed by atoms with E-state index in [0.29, 0.717) is 18.2 Å². The van der Waals surface area contributed by atoms with Crippen LogP contribution in [-0.4, -0.2) is 25.1 Å². The Morgan fingerprint density at radius 1 is 1.48 bits per heavy atom. The summed E-state index contributed by atoms with van der Waals surface area (Å²) in [6, 6.07) is 3.86. The molecule has 0 aromatic heterocycles. The van der Waals surface area contributed by atoms with E-state index in [4.69, 9.17) is 10.5 Å². The van der Waals surface area contributed by atoms with E-state index in [-0.39, 0.29) is 23.9 Å². The first-order valence-corrected chi connectivity index (χ1v) is 6.67. The molecular weight excluding hydrogens is 295 g/mol. The van der Waals surface area contributed by atoms with Crippen LogP contribution in [0.2, 0.25) is 0 Å². The van der Waals surface area contributed by atoms with E-state index in [1.54, 1.807) is 0 Å². The highest BCUT2D eigenvalue weighted by Gasteiger charge is 2.27. The van der Waals surface area contributed by atoms with Gasteiger partial charge >= 0.3 is 0 Å². The standard InChI is InChI=1S/C15H23FN2O2.ClH/c1-10(2)8-15(3,9-17)18-14(19)12-7-11(16)5-6-13(12)20-4;/h5-7,10H,8-9,17H2,1-4H3,(H,18,19);1H. The number of halogens is 2. The van der Waals surface area contributed by atoms with Gasteiger partial charge in [-0.25, -0.2) is 4.39 Å². The van der Waals surface area contributed by atoms with Crippen LogP contribution in [0, 0.1) is 11.7 Å². The van der Waals surface area contributed by atoms with Crippen molar-refractivity contribution in [2.75, 3.05) is 13.7 Å². The smallest absolute Gasteiger partial charge is 0.255 e. The molecule has 4 nitrogen and oxygen atoms in total. The molecule has 1 unspecified atom stereocenters. The molecule has 0 radical (unpaired) electrons. The Bertz CT molecular complexity index is 483. The van der Waals surface area contributed by atoms with Gasteiger partial charge in [-0.05, 0) is 37.5 Å². The van der Waals surface area contributed by atoms with Gasteiger partial charge in [0.25, 0.3) is 5.91 Å². The van der Waals surface area contributed by atoms with E-state index >= 15 is 0 Å². The molecule has 21 heavy (non-hydrogen) atoms. The number of carbonyl (C=O) groups is 1. The first-order valence-electron chi connectivity index (χ1n) is 6.67. The van der Waals surface area contributed by atoms with E-state index in [0.717, 1.165) is 6.42 Å². The molecule has 0 saturated heterocycles. The number of carbonyl (C=O) groups excluding carboxylic acids is 1. The molecule has 1 aromatic carbocycles. The predicted octanol–water partition coefficient (Wildman–Crippen LogP) is 2.75. The number of nitrogens with one attached hydrogen (secondary N) is 1. The SMILES string of the molecule is COc1ccc(F)cc1C(=O)NC(C)(CN)CC(C)C.Cl. The van der Waals surface area contributed by atoms with E-state index in [1.807, 2.05) is 6.92 Å². The third-order valence-corrected chi connectivity index (χ3v) is 3.13. The van der Waals surface area contributed by atoms with Gasteiger partial charge in [0, 0.05) is 12.1 Å². The second kappa shape index (κ2) is 8.20. The number of ether oxygens (including phenoxy) is 1. The summed E-state index contributed by atoms with van der Waals surface area (Å²) in [4.78, 5) is 12.3. The largest absolute Gasteiger partial charge is 0.496 e. The summed E-state index contributed by atoms with van der Waals surface area (Å²) in [7, 11) is 1.44. The molecule has 1 rings (SSSR count). The van der Waals surface area contributed by atoms with Crippen LogP contribution in [0.25, 0.3) is 0 Å². The Labute approximate surface area is 131 Å². The molecule has 0 spiro atoms. The number of methoxy groups -OCH3 is 1. The van der Waals surface area contributed by atoms with Crippen molar-refractivity contribution in [3.05, 3.63) is 29.6 Å². The van der Waals surface area contributed by atoms with Crippen molar-refractivity contribution < 1.29 is 13.9 Å². The van der Waals surface area contributed by atoms with Gasteiger partial charge in [0.05, 0.1) is 12.7 Å². The maximum atomic E-state index is 13.3. The Morgan fingerprint density at radius 2 is 2.10 bits per heavy atom. The fourth-order valence-corrected chi connectivity index (χ4v) is 2.29. The van der Waals surface area contributed by atoms with Gasteiger partial charge < -0.3 is 15.8 Å². The molecule has 0 saturated carbocycles. The topological polar surface area (TPSA) is 64.3 Å². The zero-order chi connectivity index (χ0) is 15.3. The second-order valence-electron chi connectivity index (χ2n) is 5.66. The van der Waals surface area contributed by atoms with E-state index < -0.39 is 11.4 Å². The van der Waals surface area contributed by atoms with Gasteiger partial charge in [-0.3, -0.25) is 4.79 Å². The normalized spacial score (nSPS) is 13.3. The predicted molar refractivity (Wildman–Crippen MR) is 84.6 cm³/mol. The summed E-state index contributed by atoms with van der Waals surface area (Å²) in [6.45, 7) is 6.32. The zero-order valence-corrected chi connectivity index (χ0v) is 13.7. The van der Waals surface area contributed by atoms with Gasteiger partial charge in [0.15, 0.2) is 0 Å². The molecule has 1 aromatic rings. The molecule has 3 N–H and O–H groups in total. The highest BCUT2D eigenvalue weighted by Crippen LogP contribution is 2.21. The Balaban J connectivity index is 0.00000400. The molecule has 0 aliphatic rings. The fraction of sp³-hybridized carbons (Fsp3) is 0.533. The first kappa shape index (κ1) is 19.7. The van der Waals surface area contributed by atoms with Gasteiger partial charge in [-0.15, -0.1) is 12.4 Å². The van der Waals surface area contributed by atoms with Crippen LogP contribution in [0.1, 0.15) is 37.6 Å². The lowest BCUT2D eigenvalue weighted by Gasteiger charge is -2.31. The van der Waals surface area contributed by atoms with Crippen molar-refractivity contribution in [3.63, 3.8) is 0 Å². The number of nitrogens with two attached hydrogens (primary N) is 1. The fourth-order valence-electron chi connectivity index (χ4n) is 2.29. The average Bonchev–Trinajstić information content (AvgIpc) is 2.37. The maximum Gasteiger partial charge on any atom is 0.255 e. The number of rotatable bonds is 6. The Hall–Kier alpha value is -1.33. The summed E-state index contributed by atoms with van der Waals surface area (Å²) < 4.78 is 18.4. The van der Waals surface area contributed by atoms with Gasteiger partial charge in [0.1, 0.15) is 11.6 Å². The van der Waals surface area contributed by atoms with Crippen molar-refractivity contribution in [1.29, 1.82) is 0 Å². The van der Waals surface area contributed by atoms with Crippen molar-refractivity contribution in [2.45, 2.75) is 32.7 Å². The monoisotopic (exact) mass is 318 g/mol. The van der Waals surface area contributed by atoms with Gasteiger partial charge in [-0.2, -0.15) is 0 Å². The molecule has 120 valence electrons. The third-order valence-electron chi connectivity index (χ3n) is 3.13. The van der Waals surface area contributed by atoms with Crippen LogP contribution in [0.3, 0.4) is 0 Å². The molecule has 0 heterocycles. The highest BCUT2D eigenvalue weighted by molar-refractivity contribution is 5.97. The van der Waals surface area contributed by atoms with Crippen molar-refractivity contribution in [2.24, 2.45) is 11.7 Å². The lowest BCUT2D eigenvalue weighted by Crippen LogP contribution is -2.52. The van der Waals surface area contributed by atoms with Gasteiger partial charge in [-0.1, -0.05) is 13.8 Å². The summed E-state index contributed by atoms with van der Waals surface area (Å²) in [5, 5.41) is 2.88. The van der Waals surface area contributed by atoms with Crippen LogP contribution in [-0.2, 0) is 0 Å². The lowest BCUT2D eigenvalue weighted by atomic mass is 9.90. The number of hydrogen-bond acceptors (Lipinski definition) is 3. The molecule has 1 amide bonds. The van der Waals surface area contributed by atoms with Crippen LogP contribution in [0.5, 0.6) is 5.75 Å². The highest BCUT2D eigenvalue weighted by atomic mass is 35.5. The molecule has 0 bridgehead atoms. The van der Waals surface area contributed by atoms with Crippen molar-refractivity contribution >= 4 is 18.3 Å². The maximum absolute atomic E-state index is 13.3. The molecule has 0 fully saturated rings. The molecule has 0 aliphatic carbocycles. The van der Waals surface area contributed by atoms with Crippen LogP contribution < -0.4 is 15.8 Å². The van der Waals surface area contributed by atoms with Gasteiger partial charge in [0.2, 0.25) is 0 Å². The minimum absolute atomic E-state index is 0. The Kier molecular flexibility index (Phi) is 7.68. The van der Waals surface area contributed by atoms with Crippen LogP contribution in [0.15, 0.2) is 18.2 Å². The van der Waals surface area contributed by atoms with Crippen LogP contribution >= 0.6 is 12.4 Å². The third kappa shape index (κ3) is 5.52. The van der Waals surface area contributed by atoms with Crippen molar-refractivity contribution in [1.82, 2.24) is 5.32 Å². The average molecular weight is 319 g/mol. The van der Waals surface area contributed by atoms with Crippen LogP contribution in [0.4, 0.5) is 4.39 Å². The van der Waals surface area contributed by atoms with E-state index in [1.165, 1.54) is 25.3 Å². The lowest BCUT2D eigenvalue weighted by molar-refractivity contribution is 0.0894. The summed E-state index contributed by atoms with van der Waals surface area (Å²) >= 11 is 0. The van der Waals surface area contributed by atoms with E-state index in [2.05, 4.69) is 19.2 Å². The number of benzene rings is 1. The molecule has 0 aliphatic heterocycles. The second-order valence-corrected chi connectivity index (χ2v) is 5.66. The van der Waals surface area contributed by atoms with E-state index in [9.17, 15) is 9.18 Å². The molecule has 1 atom stereocenters. The minimum Gasteiger partial charge on any atom is -0.496 e. The quantitative estimate of drug-likeness (QED) is 0.847. The minimum atomic E-state index is -0.525. The molecular formula is C15H24ClFN2O2. The zero-order valence-electron chi connectivity index (χ0n) is 12.9. The Morgan fingerprint density at radius 3 is 2.57 bits per heavy atom. The number of amides is 1. The summed E-state index contributed by atoms with van der Waals surface area (Å²) in [6.07, 6.45) is 0.743.